The lowest BCUT2D eigenvalue weighted by molar-refractivity contribution is -0.0809. The third-order valence-corrected chi connectivity index (χ3v) is 5.34. The van der Waals surface area contributed by atoms with E-state index in [1.165, 1.54) is 5.56 Å². The maximum absolute atomic E-state index is 12.4. The molecule has 1 fully saturated rings. The molecule has 0 bridgehead atoms. The maximum atomic E-state index is 12.4. The van der Waals surface area contributed by atoms with Gasteiger partial charge in [-0.1, -0.05) is 24.3 Å². The molecule has 1 amide bonds. The molecule has 2 aromatic carbocycles. The summed E-state index contributed by atoms with van der Waals surface area (Å²) in [7, 11) is 2.16. The number of hydrogen-bond acceptors (Lipinski definition) is 4. The number of carbonyl (C=O) groups excluding carboxylic acids is 1. The first-order valence-corrected chi connectivity index (χ1v) is 9.80. The first-order valence-electron chi connectivity index (χ1n) is 9.80. The van der Waals surface area contributed by atoms with E-state index in [1.54, 1.807) is 24.3 Å². The number of nitrogens with zero attached hydrogens (tertiary/aromatic N) is 1. The van der Waals surface area contributed by atoms with Crippen molar-refractivity contribution in [2.75, 3.05) is 19.0 Å². The van der Waals surface area contributed by atoms with Crippen LogP contribution in [0.25, 0.3) is 0 Å². The molecule has 150 valence electrons. The number of hydrogen-bond donors (Lipinski definition) is 2. The van der Waals surface area contributed by atoms with Gasteiger partial charge in [0.15, 0.2) is 0 Å². The van der Waals surface area contributed by atoms with Gasteiger partial charge in [0.25, 0.3) is 5.91 Å². The Hall–Kier alpha value is -2.21. The van der Waals surface area contributed by atoms with E-state index in [4.69, 9.17) is 9.84 Å². The van der Waals surface area contributed by atoms with Crippen molar-refractivity contribution in [2.24, 2.45) is 0 Å². The number of aliphatic hydroxyl groups excluding tert-OH is 1. The standard InChI is InChI=1S/C23H30N2O3/c1-23(2)14-21(12-13-28-23)25(3)15-17-4-8-19(9-5-17)22(27)24-20-10-6-18(16-26)7-11-20/h4-11,21,26H,12-16H2,1-3H3,(H,24,27). The van der Waals surface area contributed by atoms with Crippen LogP contribution in [0.2, 0.25) is 0 Å². The Balaban J connectivity index is 1.57. The summed E-state index contributed by atoms with van der Waals surface area (Å²) in [5.41, 5.74) is 3.29. The van der Waals surface area contributed by atoms with Gasteiger partial charge < -0.3 is 15.2 Å². The lowest BCUT2D eigenvalue weighted by Crippen LogP contribution is -2.44. The van der Waals surface area contributed by atoms with E-state index in [2.05, 4.69) is 31.1 Å². The number of anilines is 1. The minimum Gasteiger partial charge on any atom is -0.392 e. The van der Waals surface area contributed by atoms with Crippen LogP contribution in [0.15, 0.2) is 48.5 Å². The van der Waals surface area contributed by atoms with Crippen LogP contribution in [0, 0.1) is 0 Å². The lowest BCUT2D eigenvalue weighted by Gasteiger charge is -2.39. The van der Waals surface area contributed by atoms with Crippen LogP contribution in [0.3, 0.4) is 0 Å². The van der Waals surface area contributed by atoms with Crippen LogP contribution in [-0.2, 0) is 17.9 Å². The van der Waals surface area contributed by atoms with Crippen molar-refractivity contribution in [3.8, 4) is 0 Å². The molecular formula is C23H30N2O3. The summed E-state index contributed by atoms with van der Waals surface area (Å²) in [6, 6.07) is 15.5. The van der Waals surface area contributed by atoms with E-state index in [9.17, 15) is 4.79 Å². The normalized spacial score (nSPS) is 18.8. The number of carbonyl (C=O) groups is 1. The first kappa shape index (κ1) is 20.5. The molecule has 2 N–H and O–H groups in total. The van der Waals surface area contributed by atoms with Gasteiger partial charge in [-0.25, -0.2) is 0 Å². The van der Waals surface area contributed by atoms with Gasteiger partial charge in [-0.05, 0) is 69.1 Å². The molecule has 0 spiro atoms. The van der Waals surface area contributed by atoms with Gasteiger partial charge in [0, 0.05) is 30.4 Å². The number of ether oxygens (including phenoxy) is 1. The molecule has 5 heteroatoms. The predicted octanol–water partition coefficient (Wildman–Crippen LogP) is 3.82. The van der Waals surface area contributed by atoms with Gasteiger partial charge in [-0.3, -0.25) is 9.69 Å². The zero-order chi connectivity index (χ0) is 20.1. The minimum atomic E-state index is -0.136. The van der Waals surface area contributed by atoms with Gasteiger partial charge >= 0.3 is 0 Å². The maximum Gasteiger partial charge on any atom is 0.255 e. The van der Waals surface area contributed by atoms with Gasteiger partial charge in [0.05, 0.1) is 12.2 Å². The molecule has 0 saturated carbocycles. The smallest absolute Gasteiger partial charge is 0.255 e. The van der Waals surface area contributed by atoms with Crippen LogP contribution < -0.4 is 5.32 Å². The summed E-state index contributed by atoms with van der Waals surface area (Å²) >= 11 is 0. The van der Waals surface area contributed by atoms with Crippen molar-refractivity contribution < 1.29 is 14.6 Å². The number of rotatable bonds is 6. The largest absolute Gasteiger partial charge is 0.392 e. The Kier molecular flexibility index (Phi) is 6.50. The average molecular weight is 383 g/mol. The average Bonchev–Trinajstić information content (AvgIpc) is 2.68. The number of nitrogens with one attached hydrogen (secondary N) is 1. The monoisotopic (exact) mass is 382 g/mol. The molecule has 0 aromatic heterocycles. The van der Waals surface area contributed by atoms with Gasteiger partial charge in [-0.15, -0.1) is 0 Å². The van der Waals surface area contributed by atoms with Gasteiger partial charge in [0.1, 0.15) is 0 Å². The summed E-state index contributed by atoms with van der Waals surface area (Å²) in [4.78, 5) is 14.8. The van der Waals surface area contributed by atoms with E-state index < -0.39 is 0 Å². The fraction of sp³-hybridized carbons (Fsp3) is 0.435. The molecule has 1 heterocycles. The molecule has 5 nitrogen and oxygen atoms in total. The van der Waals surface area contributed by atoms with E-state index in [-0.39, 0.29) is 18.1 Å². The minimum absolute atomic E-state index is 0.00445. The third-order valence-electron chi connectivity index (χ3n) is 5.34. The highest BCUT2D eigenvalue weighted by molar-refractivity contribution is 6.04. The van der Waals surface area contributed by atoms with Crippen LogP contribution in [-0.4, -0.2) is 41.2 Å². The molecule has 1 aliphatic rings. The van der Waals surface area contributed by atoms with E-state index in [1.807, 2.05) is 24.3 Å². The second-order valence-corrected chi connectivity index (χ2v) is 8.18. The molecule has 1 saturated heterocycles. The second kappa shape index (κ2) is 8.86. The highest BCUT2D eigenvalue weighted by Crippen LogP contribution is 2.27. The van der Waals surface area contributed by atoms with Crippen LogP contribution in [0.5, 0.6) is 0 Å². The predicted molar refractivity (Wildman–Crippen MR) is 111 cm³/mol. The molecule has 3 rings (SSSR count). The molecule has 0 radical (unpaired) electrons. The Morgan fingerprint density at radius 1 is 1.14 bits per heavy atom. The topological polar surface area (TPSA) is 61.8 Å². The van der Waals surface area contributed by atoms with Crippen LogP contribution in [0.1, 0.15) is 48.2 Å². The number of benzene rings is 2. The van der Waals surface area contributed by atoms with Crippen LogP contribution >= 0.6 is 0 Å². The highest BCUT2D eigenvalue weighted by atomic mass is 16.5. The molecule has 28 heavy (non-hydrogen) atoms. The lowest BCUT2D eigenvalue weighted by atomic mass is 9.93. The van der Waals surface area contributed by atoms with Crippen molar-refractivity contribution in [1.82, 2.24) is 4.90 Å². The fourth-order valence-corrected chi connectivity index (χ4v) is 3.65. The quantitative estimate of drug-likeness (QED) is 0.797. The van der Waals surface area contributed by atoms with E-state index >= 15 is 0 Å². The molecular weight excluding hydrogens is 352 g/mol. The number of amides is 1. The van der Waals surface area contributed by atoms with Crippen molar-refractivity contribution in [3.63, 3.8) is 0 Å². The summed E-state index contributed by atoms with van der Waals surface area (Å²) in [6.07, 6.45) is 2.08. The van der Waals surface area contributed by atoms with Gasteiger partial charge in [-0.2, -0.15) is 0 Å². The molecule has 1 atom stereocenters. The Morgan fingerprint density at radius 3 is 2.39 bits per heavy atom. The summed E-state index contributed by atoms with van der Waals surface area (Å²) in [6.45, 7) is 5.96. The number of aliphatic hydroxyl groups is 1. The highest BCUT2D eigenvalue weighted by Gasteiger charge is 2.30. The zero-order valence-corrected chi connectivity index (χ0v) is 16.9. The van der Waals surface area contributed by atoms with Gasteiger partial charge in [0.2, 0.25) is 0 Å². The van der Waals surface area contributed by atoms with E-state index in [0.717, 1.165) is 31.6 Å². The van der Waals surface area contributed by atoms with Crippen molar-refractivity contribution >= 4 is 11.6 Å². The zero-order valence-electron chi connectivity index (χ0n) is 16.9. The van der Waals surface area contributed by atoms with Crippen molar-refractivity contribution in [3.05, 3.63) is 65.2 Å². The second-order valence-electron chi connectivity index (χ2n) is 8.18. The van der Waals surface area contributed by atoms with E-state index in [0.29, 0.717) is 17.3 Å². The summed E-state index contributed by atoms with van der Waals surface area (Å²) in [5, 5.41) is 12.0. The Morgan fingerprint density at radius 2 is 1.79 bits per heavy atom. The Labute approximate surface area is 167 Å². The summed E-state index contributed by atoms with van der Waals surface area (Å²) in [5.74, 6) is -0.136. The van der Waals surface area contributed by atoms with Crippen molar-refractivity contribution in [2.45, 2.75) is 51.5 Å². The third kappa shape index (κ3) is 5.41. The molecule has 1 unspecified atom stereocenters. The SMILES string of the molecule is CN(Cc1ccc(C(=O)Nc2ccc(CO)cc2)cc1)C1CCOC(C)(C)C1. The van der Waals surface area contributed by atoms with Crippen molar-refractivity contribution in [1.29, 1.82) is 0 Å². The first-order chi connectivity index (χ1) is 13.4. The Bertz CT molecular complexity index is 784. The molecule has 0 aliphatic carbocycles. The summed E-state index contributed by atoms with van der Waals surface area (Å²) < 4.78 is 5.82. The molecule has 1 aliphatic heterocycles. The molecule has 2 aromatic rings. The van der Waals surface area contributed by atoms with Crippen LogP contribution in [0.4, 0.5) is 5.69 Å². The fourth-order valence-electron chi connectivity index (χ4n) is 3.65.